The summed E-state index contributed by atoms with van der Waals surface area (Å²) < 4.78 is 3.71. The molecule has 33 heavy (non-hydrogen) atoms. The number of hydrogen-bond donors (Lipinski definition) is 1. The number of carbonyl (C=O) groups is 1. The Kier molecular flexibility index (Phi) is 5.82. The van der Waals surface area contributed by atoms with E-state index in [2.05, 4.69) is 23.8 Å². The lowest BCUT2D eigenvalue weighted by Gasteiger charge is -2.34. The van der Waals surface area contributed by atoms with Gasteiger partial charge in [-0.15, -0.1) is 0 Å². The van der Waals surface area contributed by atoms with Crippen molar-refractivity contribution in [1.82, 2.24) is 29.3 Å². The number of likely N-dealkylation sites (tertiary alicyclic amines) is 1. The molecule has 2 aliphatic heterocycles. The van der Waals surface area contributed by atoms with E-state index in [1.807, 2.05) is 39.4 Å². The zero-order valence-corrected chi connectivity index (χ0v) is 19.9. The summed E-state index contributed by atoms with van der Waals surface area (Å²) >= 11 is 0. The second-order valence-corrected chi connectivity index (χ2v) is 9.52. The monoisotopic (exact) mass is 450 g/mol. The molecule has 3 aromatic rings. The van der Waals surface area contributed by atoms with Gasteiger partial charge < -0.3 is 15.5 Å². The molecule has 0 spiro atoms. The highest BCUT2D eigenvalue weighted by Crippen LogP contribution is 2.33. The maximum absolute atomic E-state index is 13.6. The van der Waals surface area contributed by atoms with Gasteiger partial charge in [-0.1, -0.05) is 6.92 Å². The molecule has 0 bridgehead atoms. The number of rotatable bonds is 5. The van der Waals surface area contributed by atoms with Crippen LogP contribution in [0.3, 0.4) is 0 Å². The van der Waals surface area contributed by atoms with Gasteiger partial charge in [-0.2, -0.15) is 10.2 Å². The van der Waals surface area contributed by atoms with Gasteiger partial charge in [0.1, 0.15) is 11.5 Å². The van der Waals surface area contributed by atoms with Crippen molar-refractivity contribution in [2.45, 2.75) is 71.5 Å². The Bertz CT molecular complexity index is 1160. The average molecular weight is 451 g/mol. The van der Waals surface area contributed by atoms with Gasteiger partial charge in [-0.05, 0) is 52.0 Å². The second-order valence-electron chi connectivity index (χ2n) is 9.52. The van der Waals surface area contributed by atoms with Crippen molar-refractivity contribution < 1.29 is 4.79 Å². The number of aryl methyl sites for hydroxylation is 3. The number of anilines is 1. The van der Waals surface area contributed by atoms with E-state index >= 15 is 0 Å². The average Bonchev–Trinajstić information content (AvgIpc) is 3.51. The molecule has 5 rings (SSSR count). The number of carbonyl (C=O) groups excluding carboxylic acids is 1. The van der Waals surface area contributed by atoms with Crippen molar-refractivity contribution in [3.05, 3.63) is 41.0 Å². The Balaban J connectivity index is 1.46. The Morgan fingerprint density at radius 3 is 2.76 bits per heavy atom. The zero-order valence-electron chi connectivity index (χ0n) is 19.9. The normalized spacial score (nSPS) is 21.3. The molecule has 2 unspecified atom stereocenters. The van der Waals surface area contributed by atoms with Crippen LogP contribution >= 0.6 is 0 Å². The fraction of sp³-hybridized carbons (Fsp3) is 0.583. The second kappa shape index (κ2) is 8.78. The number of hydrogen-bond acceptors (Lipinski definition) is 6. The predicted octanol–water partition coefficient (Wildman–Crippen LogP) is 2.86. The van der Waals surface area contributed by atoms with E-state index in [4.69, 9.17) is 15.8 Å². The number of amides is 1. The highest BCUT2D eigenvalue weighted by molar-refractivity contribution is 5.93. The van der Waals surface area contributed by atoms with Crippen LogP contribution in [-0.2, 0) is 6.54 Å². The third kappa shape index (κ3) is 4.10. The summed E-state index contributed by atoms with van der Waals surface area (Å²) in [7, 11) is 0. The highest BCUT2D eigenvalue weighted by atomic mass is 16.2. The van der Waals surface area contributed by atoms with Crippen LogP contribution in [0, 0.1) is 13.8 Å². The molecular formula is C24H34N8O. The molecule has 0 radical (unpaired) electrons. The summed E-state index contributed by atoms with van der Waals surface area (Å²) in [5.41, 5.74) is 10.5. The lowest BCUT2D eigenvalue weighted by Crippen LogP contribution is -2.39. The van der Waals surface area contributed by atoms with Crippen LogP contribution in [0.2, 0.25) is 0 Å². The van der Waals surface area contributed by atoms with Crippen LogP contribution in [0.15, 0.2) is 18.3 Å². The summed E-state index contributed by atoms with van der Waals surface area (Å²) in [5, 5.41) is 9.40. The predicted molar refractivity (Wildman–Crippen MR) is 127 cm³/mol. The van der Waals surface area contributed by atoms with Crippen LogP contribution in [0.5, 0.6) is 0 Å². The molecule has 5 heterocycles. The Labute approximate surface area is 194 Å². The zero-order chi connectivity index (χ0) is 23.1. The first-order valence-corrected chi connectivity index (χ1v) is 12.2. The SMILES string of the molecule is CCCn1nc(C)cc1C(=O)N1CCCCC1c1cc2nc(N3CCC(N)C3)c(C)cn2n1. The molecule has 176 valence electrons. The van der Waals surface area contributed by atoms with Crippen LogP contribution in [-0.4, -0.2) is 60.9 Å². The molecule has 0 aromatic carbocycles. The quantitative estimate of drug-likeness (QED) is 0.642. The maximum Gasteiger partial charge on any atom is 0.272 e. The molecule has 9 heteroatoms. The molecule has 2 fully saturated rings. The summed E-state index contributed by atoms with van der Waals surface area (Å²) in [6.45, 7) is 9.36. The summed E-state index contributed by atoms with van der Waals surface area (Å²) in [6.07, 6.45) is 6.96. The van der Waals surface area contributed by atoms with Gasteiger partial charge in [0.2, 0.25) is 0 Å². The number of nitrogens with zero attached hydrogens (tertiary/aromatic N) is 7. The fourth-order valence-corrected chi connectivity index (χ4v) is 5.21. The number of nitrogens with two attached hydrogens (primary N) is 1. The van der Waals surface area contributed by atoms with Crippen molar-refractivity contribution in [3.63, 3.8) is 0 Å². The number of piperidine rings is 1. The molecule has 2 N–H and O–H groups in total. The van der Waals surface area contributed by atoms with Crippen molar-refractivity contribution >= 4 is 17.4 Å². The van der Waals surface area contributed by atoms with Crippen molar-refractivity contribution in [2.75, 3.05) is 24.5 Å². The minimum Gasteiger partial charge on any atom is -0.355 e. The van der Waals surface area contributed by atoms with E-state index in [1.54, 1.807) is 0 Å². The van der Waals surface area contributed by atoms with E-state index in [9.17, 15) is 4.79 Å². The summed E-state index contributed by atoms with van der Waals surface area (Å²) in [4.78, 5) is 22.8. The molecular weight excluding hydrogens is 416 g/mol. The van der Waals surface area contributed by atoms with Crippen molar-refractivity contribution in [3.8, 4) is 0 Å². The lowest BCUT2D eigenvalue weighted by molar-refractivity contribution is 0.0592. The van der Waals surface area contributed by atoms with E-state index < -0.39 is 0 Å². The Morgan fingerprint density at radius 1 is 1.15 bits per heavy atom. The van der Waals surface area contributed by atoms with E-state index in [0.717, 1.165) is 86.7 Å². The van der Waals surface area contributed by atoms with Crippen LogP contribution in [0.1, 0.15) is 72.5 Å². The van der Waals surface area contributed by atoms with E-state index in [-0.39, 0.29) is 18.0 Å². The first-order valence-electron chi connectivity index (χ1n) is 12.2. The van der Waals surface area contributed by atoms with Gasteiger partial charge in [-0.25, -0.2) is 9.50 Å². The molecule has 9 nitrogen and oxygen atoms in total. The van der Waals surface area contributed by atoms with Crippen LogP contribution in [0.4, 0.5) is 5.82 Å². The van der Waals surface area contributed by atoms with E-state index in [1.165, 1.54) is 0 Å². The Morgan fingerprint density at radius 2 is 2.00 bits per heavy atom. The third-order valence-corrected chi connectivity index (χ3v) is 6.81. The van der Waals surface area contributed by atoms with E-state index in [0.29, 0.717) is 5.69 Å². The fourth-order valence-electron chi connectivity index (χ4n) is 5.21. The largest absolute Gasteiger partial charge is 0.355 e. The molecule has 2 atom stereocenters. The third-order valence-electron chi connectivity index (χ3n) is 6.81. The lowest BCUT2D eigenvalue weighted by atomic mass is 9.99. The first kappa shape index (κ1) is 21.9. The van der Waals surface area contributed by atoms with Gasteiger partial charge in [0, 0.05) is 50.0 Å². The van der Waals surface area contributed by atoms with Gasteiger partial charge in [0.25, 0.3) is 5.91 Å². The van der Waals surface area contributed by atoms with Gasteiger partial charge in [0.05, 0.1) is 17.4 Å². The summed E-state index contributed by atoms with van der Waals surface area (Å²) in [5.74, 6) is 1.03. The molecule has 1 amide bonds. The summed E-state index contributed by atoms with van der Waals surface area (Å²) in [6, 6.07) is 4.10. The van der Waals surface area contributed by atoms with Crippen LogP contribution in [0.25, 0.3) is 5.65 Å². The smallest absolute Gasteiger partial charge is 0.272 e. The minimum absolute atomic E-state index is 0.0432. The standard InChI is InChI=1S/C24H34N8O/c1-4-9-31-21(12-17(3)27-31)24(33)30-10-6-5-7-20(30)19-13-22-26-23(16(2)14-32(22)28-19)29-11-8-18(25)15-29/h12-14,18,20H,4-11,15,25H2,1-3H3. The minimum atomic E-state index is -0.0535. The number of aromatic nitrogens is 5. The first-order chi connectivity index (χ1) is 15.9. The highest BCUT2D eigenvalue weighted by Gasteiger charge is 2.32. The molecule has 0 saturated carbocycles. The molecule has 2 saturated heterocycles. The molecule has 0 aliphatic carbocycles. The topological polar surface area (TPSA) is 97.6 Å². The number of fused-ring (bicyclic) bond motifs is 1. The van der Waals surface area contributed by atoms with Crippen LogP contribution < -0.4 is 10.6 Å². The van der Waals surface area contributed by atoms with Crippen molar-refractivity contribution in [2.24, 2.45) is 5.73 Å². The van der Waals surface area contributed by atoms with Crippen molar-refractivity contribution in [1.29, 1.82) is 0 Å². The molecule has 2 aliphatic rings. The maximum atomic E-state index is 13.6. The molecule has 3 aromatic heterocycles. The van der Waals surface area contributed by atoms with Gasteiger partial charge in [0.15, 0.2) is 5.65 Å². The Hall–Kier alpha value is -2.94. The van der Waals surface area contributed by atoms with Gasteiger partial charge >= 0.3 is 0 Å². The van der Waals surface area contributed by atoms with Gasteiger partial charge in [-0.3, -0.25) is 9.48 Å².